The Bertz CT molecular complexity index is 911. The van der Waals surface area contributed by atoms with Gasteiger partial charge in [-0.2, -0.15) is 0 Å². The van der Waals surface area contributed by atoms with Crippen LogP contribution in [0.15, 0.2) is 84.0 Å². The van der Waals surface area contributed by atoms with E-state index in [1.807, 2.05) is 60.7 Å². The van der Waals surface area contributed by atoms with E-state index in [1.165, 1.54) is 4.90 Å². The van der Waals surface area contributed by atoms with Gasteiger partial charge in [0.25, 0.3) is 0 Å². The van der Waals surface area contributed by atoms with Gasteiger partial charge in [0.05, 0.1) is 13.1 Å². The van der Waals surface area contributed by atoms with Crippen LogP contribution in [0.5, 0.6) is 0 Å². The van der Waals surface area contributed by atoms with E-state index in [0.29, 0.717) is 11.1 Å². The summed E-state index contributed by atoms with van der Waals surface area (Å²) in [5.74, 6) is -1.76. The molecule has 0 aromatic heterocycles. The van der Waals surface area contributed by atoms with Gasteiger partial charge in [0.15, 0.2) is 5.78 Å². The maximum atomic E-state index is 13.0. The van der Waals surface area contributed by atoms with Crippen LogP contribution >= 0.6 is 0 Å². The number of carboxylic acid groups (broad SMARTS) is 1. The third kappa shape index (κ3) is 4.92. The van der Waals surface area contributed by atoms with Crippen LogP contribution in [-0.2, 0) is 14.4 Å². The summed E-state index contributed by atoms with van der Waals surface area (Å²) in [6.07, 6.45) is 5.35. The number of amides is 1. The predicted molar refractivity (Wildman–Crippen MR) is 107 cm³/mol. The van der Waals surface area contributed by atoms with Gasteiger partial charge in [0.1, 0.15) is 0 Å². The van der Waals surface area contributed by atoms with E-state index in [9.17, 15) is 14.4 Å². The van der Waals surface area contributed by atoms with Gasteiger partial charge in [-0.05, 0) is 23.3 Å². The SMILES string of the molecule is O=C(O)/C=C/C(=O)N1C/C(=C/c2ccccc2)C(=O)/C(=C/c2ccccc2)C1. The van der Waals surface area contributed by atoms with Gasteiger partial charge in [-0.25, -0.2) is 4.79 Å². The molecule has 2 aromatic carbocycles. The lowest BCUT2D eigenvalue weighted by molar-refractivity contribution is -0.132. The molecule has 0 atom stereocenters. The Labute approximate surface area is 162 Å². The Morgan fingerprint density at radius 1 is 0.786 bits per heavy atom. The van der Waals surface area contributed by atoms with E-state index in [2.05, 4.69) is 0 Å². The lowest BCUT2D eigenvalue weighted by atomic mass is 9.94. The van der Waals surface area contributed by atoms with Crippen LogP contribution in [0, 0.1) is 0 Å². The second-order valence-electron chi connectivity index (χ2n) is 6.36. The molecule has 3 rings (SSSR count). The first kappa shape index (κ1) is 19.0. The molecule has 1 fully saturated rings. The minimum Gasteiger partial charge on any atom is -0.478 e. The molecule has 140 valence electrons. The van der Waals surface area contributed by atoms with Gasteiger partial charge in [0.2, 0.25) is 5.91 Å². The Kier molecular flexibility index (Phi) is 5.97. The molecule has 0 bridgehead atoms. The molecule has 1 N–H and O–H groups in total. The summed E-state index contributed by atoms with van der Waals surface area (Å²) in [5, 5.41) is 8.76. The third-order valence-electron chi connectivity index (χ3n) is 4.27. The van der Waals surface area contributed by atoms with Crippen molar-refractivity contribution in [2.24, 2.45) is 0 Å². The molecule has 0 aliphatic carbocycles. The number of carbonyl (C=O) groups is 3. The summed E-state index contributed by atoms with van der Waals surface area (Å²) in [7, 11) is 0. The maximum absolute atomic E-state index is 13.0. The van der Waals surface area contributed by atoms with Gasteiger partial charge in [-0.15, -0.1) is 0 Å². The minimum atomic E-state index is -1.19. The number of carboxylic acids is 1. The number of piperidine rings is 1. The number of rotatable bonds is 4. The van der Waals surface area contributed by atoms with Crippen LogP contribution in [0.2, 0.25) is 0 Å². The lowest BCUT2D eigenvalue weighted by Gasteiger charge is -2.29. The molecular weight excluding hydrogens is 354 g/mol. The Balaban J connectivity index is 1.96. The maximum Gasteiger partial charge on any atom is 0.328 e. The highest BCUT2D eigenvalue weighted by Crippen LogP contribution is 2.22. The van der Waals surface area contributed by atoms with E-state index in [0.717, 1.165) is 23.3 Å². The zero-order chi connectivity index (χ0) is 19.9. The predicted octanol–water partition coefficient (Wildman–Crippen LogP) is 3.21. The van der Waals surface area contributed by atoms with Crippen molar-refractivity contribution in [3.8, 4) is 0 Å². The Hall–Kier alpha value is -3.73. The third-order valence-corrected chi connectivity index (χ3v) is 4.27. The second kappa shape index (κ2) is 8.77. The van der Waals surface area contributed by atoms with Crippen LogP contribution in [-0.4, -0.2) is 40.8 Å². The smallest absolute Gasteiger partial charge is 0.328 e. The highest BCUT2D eigenvalue weighted by atomic mass is 16.4. The molecule has 0 radical (unpaired) electrons. The molecule has 1 aliphatic heterocycles. The Morgan fingerprint density at radius 2 is 1.25 bits per heavy atom. The number of hydrogen-bond acceptors (Lipinski definition) is 3. The summed E-state index contributed by atoms with van der Waals surface area (Å²) < 4.78 is 0. The van der Waals surface area contributed by atoms with E-state index in [-0.39, 0.29) is 18.9 Å². The number of benzene rings is 2. The topological polar surface area (TPSA) is 74.7 Å². The summed E-state index contributed by atoms with van der Waals surface area (Å²) in [6.45, 7) is 0.255. The fourth-order valence-corrected chi connectivity index (χ4v) is 2.94. The van der Waals surface area contributed by atoms with E-state index in [1.54, 1.807) is 12.2 Å². The average Bonchev–Trinajstić information content (AvgIpc) is 2.70. The monoisotopic (exact) mass is 373 g/mol. The molecule has 28 heavy (non-hydrogen) atoms. The van der Waals surface area contributed by atoms with Crippen molar-refractivity contribution in [2.75, 3.05) is 13.1 Å². The van der Waals surface area contributed by atoms with Gasteiger partial charge in [-0.1, -0.05) is 60.7 Å². The molecule has 1 heterocycles. The van der Waals surface area contributed by atoms with Crippen molar-refractivity contribution in [1.29, 1.82) is 0 Å². The van der Waals surface area contributed by atoms with Crippen molar-refractivity contribution in [2.45, 2.75) is 0 Å². The van der Waals surface area contributed by atoms with Gasteiger partial charge in [0, 0.05) is 23.3 Å². The van der Waals surface area contributed by atoms with Crippen LogP contribution in [0.3, 0.4) is 0 Å². The first-order valence-electron chi connectivity index (χ1n) is 8.79. The fraction of sp³-hybridized carbons (Fsp3) is 0.0870. The summed E-state index contributed by atoms with van der Waals surface area (Å²) in [4.78, 5) is 37.6. The van der Waals surface area contributed by atoms with Gasteiger partial charge < -0.3 is 10.0 Å². The minimum absolute atomic E-state index is 0.112. The van der Waals surface area contributed by atoms with Crippen molar-refractivity contribution < 1.29 is 19.5 Å². The van der Waals surface area contributed by atoms with E-state index < -0.39 is 11.9 Å². The lowest BCUT2D eigenvalue weighted by Crippen LogP contribution is -2.40. The zero-order valence-corrected chi connectivity index (χ0v) is 15.1. The van der Waals surface area contributed by atoms with Crippen molar-refractivity contribution in [3.63, 3.8) is 0 Å². The Morgan fingerprint density at radius 3 is 1.68 bits per heavy atom. The number of likely N-dealkylation sites (tertiary alicyclic amines) is 1. The highest BCUT2D eigenvalue weighted by molar-refractivity contribution is 6.15. The highest BCUT2D eigenvalue weighted by Gasteiger charge is 2.28. The normalized spacial score (nSPS) is 17.4. The van der Waals surface area contributed by atoms with Crippen LogP contribution in [0.25, 0.3) is 12.2 Å². The number of hydrogen-bond donors (Lipinski definition) is 1. The van der Waals surface area contributed by atoms with E-state index >= 15 is 0 Å². The summed E-state index contributed by atoms with van der Waals surface area (Å²) in [5.41, 5.74) is 2.69. The van der Waals surface area contributed by atoms with Crippen LogP contribution < -0.4 is 0 Å². The standard InChI is InChI=1S/C23H19NO4/c25-21(11-12-22(26)27)24-15-19(13-17-7-3-1-4-8-17)23(28)20(16-24)14-18-9-5-2-6-10-18/h1-14H,15-16H2,(H,26,27)/b12-11+,19-13-,20-14+. The molecule has 5 heteroatoms. The largest absolute Gasteiger partial charge is 0.478 e. The van der Waals surface area contributed by atoms with Crippen LogP contribution in [0.1, 0.15) is 11.1 Å². The molecule has 0 saturated carbocycles. The first-order chi connectivity index (χ1) is 13.5. The summed E-state index contributed by atoms with van der Waals surface area (Å²) in [6, 6.07) is 18.8. The second-order valence-corrected chi connectivity index (χ2v) is 6.36. The average molecular weight is 373 g/mol. The van der Waals surface area contributed by atoms with Crippen molar-refractivity contribution in [1.82, 2.24) is 4.90 Å². The molecule has 2 aromatic rings. The number of aliphatic carboxylic acids is 1. The van der Waals surface area contributed by atoms with Crippen molar-refractivity contribution >= 4 is 29.8 Å². The quantitative estimate of drug-likeness (QED) is 0.835. The van der Waals surface area contributed by atoms with Crippen molar-refractivity contribution in [3.05, 3.63) is 95.1 Å². The fourth-order valence-electron chi connectivity index (χ4n) is 2.94. The molecule has 1 aliphatic rings. The van der Waals surface area contributed by atoms with E-state index in [4.69, 9.17) is 5.11 Å². The molecule has 0 unspecified atom stereocenters. The van der Waals surface area contributed by atoms with Gasteiger partial charge >= 0.3 is 5.97 Å². The first-order valence-corrected chi connectivity index (χ1v) is 8.79. The number of carbonyl (C=O) groups excluding carboxylic acids is 2. The molecular formula is C23H19NO4. The van der Waals surface area contributed by atoms with Gasteiger partial charge in [-0.3, -0.25) is 9.59 Å². The molecule has 5 nitrogen and oxygen atoms in total. The summed E-state index contributed by atoms with van der Waals surface area (Å²) >= 11 is 0. The van der Waals surface area contributed by atoms with Crippen LogP contribution in [0.4, 0.5) is 0 Å². The number of Topliss-reactive ketones (excluding diaryl/α,β-unsaturated/α-hetero) is 1. The number of nitrogens with zero attached hydrogens (tertiary/aromatic N) is 1. The zero-order valence-electron chi connectivity index (χ0n) is 15.1. The number of ketones is 1. The molecule has 1 amide bonds. The molecule has 0 spiro atoms. The molecule has 1 saturated heterocycles.